The summed E-state index contributed by atoms with van der Waals surface area (Å²) in [4.78, 5) is 0. The monoisotopic (exact) mass is 291 g/mol. The predicted molar refractivity (Wildman–Crippen MR) is 72.8 cm³/mol. The molecule has 0 unspecified atom stereocenters. The first-order valence-corrected chi connectivity index (χ1v) is 6.56. The molecular weight excluding hydrogens is 278 g/mol. The van der Waals surface area contributed by atoms with E-state index in [0.29, 0.717) is 5.82 Å². The van der Waals surface area contributed by atoms with E-state index < -0.39 is 0 Å². The fourth-order valence-electron chi connectivity index (χ4n) is 2.41. The van der Waals surface area contributed by atoms with Crippen molar-refractivity contribution >= 4 is 21.7 Å². The van der Waals surface area contributed by atoms with Crippen LogP contribution in [0.4, 0.5) is 5.82 Å². The second kappa shape index (κ2) is 3.88. The van der Waals surface area contributed by atoms with E-state index in [1.54, 1.807) is 4.68 Å². The van der Waals surface area contributed by atoms with Crippen molar-refractivity contribution in [1.29, 1.82) is 0 Å². The Morgan fingerprint density at radius 1 is 1.29 bits per heavy atom. The molecule has 1 heterocycles. The van der Waals surface area contributed by atoms with Gasteiger partial charge in [0.15, 0.2) is 0 Å². The van der Waals surface area contributed by atoms with Crippen molar-refractivity contribution in [3.05, 3.63) is 33.8 Å². The Balaban J connectivity index is 2.12. The molecule has 1 aliphatic carbocycles. The second-order valence-electron chi connectivity index (χ2n) is 4.51. The molecule has 0 amide bonds. The summed E-state index contributed by atoms with van der Waals surface area (Å²) in [7, 11) is 1.86. The summed E-state index contributed by atoms with van der Waals surface area (Å²) in [6.07, 6.45) is 3.66. The summed E-state index contributed by atoms with van der Waals surface area (Å²) in [6.45, 7) is 0. The average Bonchev–Trinajstić information content (AvgIpc) is 2.89. The summed E-state index contributed by atoms with van der Waals surface area (Å²) in [6, 6.07) is 6.60. The molecule has 88 valence electrons. The van der Waals surface area contributed by atoms with Crippen LogP contribution in [-0.2, 0) is 19.9 Å². The molecule has 2 aromatic rings. The molecule has 0 atom stereocenters. The number of hydrogen-bond acceptors (Lipinski definition) is 2. The highest BCUT2D eigenvalue weighted by Gasteiger charge is 2.16. The molecule has 0 radical (unpaired) electrons. The largest absolute Gasteiger partial charge is 0.383 e. The SMILES string of the molecule is Cn1nc(-c2ccc3c(c2)CCC3)c(Br)c1N. The summed E-state index contributed by atoms with van der Waals surface area (Å²) in [5.41, 5.74) is 10.9. The molecule has 17 heavy (non-hydrogen) atoms. The van der Waals surface area contributed by atoms with E-state index in [2.05, 4.69) is 39.2 Å². The van der Waals surface area contributed by atoms with Gasteiger partial charge in [0, 0.05) is 12.6 Å². The van der Waals surface area contributed by atoms with Crippen molar-refractivity contribution in [2.75, 3.05) is 5.73 Å². The third-order valence-electron chi connectivity index (χ3n) is 3.40. The van der Waals surface area contributed by atoms with Crippen molar-refractivity contribution < 1.29 is 0 Å². The molecule has 4 heteroatoms. The van der Waals surface area contributed by atoms with Gasteiger partial charge in [0.25, 0.3) is 0 Å². The molecule has 3 rings (SSSR count). The zero-order chi connectivity index (χ0) is 12.0. The number of fused-ring (bicyclic) bond motifs is 1. The Labute approximate surface area is 109 Å². The molecule has 1 aromatic heterocycles. The number of aromatic nitrogens is 2. The highest BCUT2D eigenvalue weighted by molar-refractivity contribution is 9.10. The van der Waals surface area contributed by atoms with Gasteiger partial charge in [-0.25, -0.2) is 0 Å². The van der Waals surface area contributed by atoms with Crippen molar-refractivity contribution in [3.8, 4) is 11.3 Å². The fourth-order valence-corrected chi connectivity index (χ4v) is 2.98. The van der Waals surface area contributed by atoms with Gasteiger partial charge in [0.1, 0.15) is 11.5 Å². The van der Waals surface area contributed by atoms with E-state index >= 15 is 0 Å². The lowest BCUT2D eigenvalue weighted by Crippen LogP contribution is -1.97. The lowest BCUT2D eigenvalue weighted by atomic mass is 10.0. The zero-order valence-electron chi connectivity index (χ0n) is 9.70. The van der Waals surface area contributed by atoms with Gasteiger partial charge in [0.2, 0.25) is 0 Å². The molecule has 0 saturated carbocycles. The lowest BCUT2D eigenvalue weighted by molar-refractivity contribution is 0.782. The van der Waals surface area contributed by atoms with E-state index in [1.165, 1.54) is 30.4 Å². The number of halogens is 1. The van der Waals surface area contributed by atoms with E-state index in [4.69, 9.17) is 5.73 Å². The fraction of sp³-hybridized carbons (Fsp3) is 0.308. The first-order valence-electron chi connectivity index (χ1n) is 5.77. The molecule has 0 bridgehead atoms. The number of hydrogen-bond donors (Lipinski definition) is 1. The number of anilines is 1. The Morgan fingerprint density at radius 2 is 2.06 bits per heavy atom. The van der Waals surface area contributed by atoms with E-state index in [9.17, 15) is 0 Å². The lowest BCUT2D eigenvalue weighted by Gasteiger charge is -2.02. The van der Waals surface area contributed by atoms with Crippen LogP contribution in [0.3, 0.4) is 0 Å². The first-order chi connectivity index (χ1) is 8.16. The van der Waals surface area contributed by atoms with Crippen LogP contribution in [0.1, 0.15) is 17.5 Å². The minimum Gasteiger partial charge on any atom is -0.383 e. The number of rotatable bonds is 1. The quantitative estimate of drug-likeness (QED) is 0.878. The Kier molecular flexibility index (Phi) is 2.47. The van der Waals surface area contributed by atoms with Crippen LogP contribution in [0.5, 0.6) is 0 Å². The van der Waals surface area contributed by atoms with Crippen LogP contribution in [0.2, 0.25) is 0 Å². The number of nitrogens with two attached hydrogens (primary N) is 1. The maximum absolute atomic E-state index is 5.91. The van der Waals surface area contributed by atoms with Crippen LogP contribution >= 0.6 is 15.9 Å². The molecule has 0 fully saturated rings. The van der Waals surface area contributed by atoms with Crippen molar-refractivity contribution in [2.45, 2.75) is 19.3 Å². The van der Waals surface area contributed by atoms with Gasteiger partial charge in [-0.3, -0.25) is 4.68 Å². The van der Waals surface area contributed by atoms with E-state index in [1.807, 2.05) is 7.05 Å². The average molecular weight is 292 g/mol. The van der Waals surface area contributed by atoms with Gasteiger partial charge in [-0.2, -0.15) is 5.10 Å². The van der Waals surface area contributed by atoms with Crippen LogP contribution in [0, 0.1) is 0 Å². The number of benzene rings is 1. The summed E-state index contributed by atoms with van der Waals surface area (Å²) in [5.74, 6) is 0.667. The third-order valence-corrected chi connectivity index (χ3v) is 4.19. The minimum absolute atomic E-state index is 0.667. The van der Waals surface area contributed by atoms with Gasteiger partial charge in [0.05, 0.1) is 4.47 Å². The Bertz CT molecular complexity index is 587. The molecule has 2 N–H and O–H groups in total. The first kappa shape index (κ1) is 10.8. The molecule has 1 aromatic carbocycles. The third kappa shape index (κ3) is 1.67. The highest BCUT2D eigenvalue weighted by atomic mass is 79.9. The number of aryl methyl sites for hydroxylation is 3. The summed E-state index contributed by atoms with van der Waals surface area (Å²) >= 11 is 3.51. The van der Waals surface area contributed by atoms with Crippen molar-refractivity contribution in [1.82, 2.24) is 9.78 Å². The van der Waals surface area contributed by atoms with Gasteiger partial charge >= 0.3 is 0 Å². The molecule has 0 aliphatic heterocycles. The minimum atomic E-state index is 0.667. The number of nitrogens with zero attached hydrogens (tertiary/aromatic N) is 2. The van der Waals surface area contributed by atoms with Gasteiger partial charge < -0.3 is 5.73 Å². The van der Waals surface area contributed by atoms with Crippen LogP contribution in [0.15, 0.2) is 22.7 Å². The smallest absolute Gasteiger partial charge is 0.136 e. The molecule has 0 spiro atoms. The van der Waals surface area contributed by atoms with Crippen LogP contribution in [-0.4, -0.2) is 9.78 Å². The molecule has 0 saturated heterocycles. The second-order valence-corrected chi connectivity index (χ2v) is 5.30. The van der Waals surface area contributed by atoms with Gasteiger partial charge in [-0.15, -0.1) is 0 Å². The Hall–Kier alpha value is -1.29. The molecule has 1 aliphatic rings. The summed E-state index contributed by atoms with van der Waals surface area (Å²) < 4.78 is 2.59. The highest BCUT2D eigenvalue weighted by Crippen LogP contribution is 2.34. The number of nitrogen functional groups attached to an aromatic ring is 1. The normalized spacial score (nSPS) is 14.0. The maximum Gasteiger partial charge on any atom is 0.136 e. The van der Waals surface area contributed by atoms with Gasteiger partial charge in [-0.05, 0) is 52.4 Å². The summed E-state index contributed by atoms with van der Waals surface area (Å²) in [5, 5.41) is 4.45. The predicted octanol–water partition coefficient (Wildman–Crippen LogP) is 2.92. The maximum atomic E-state index is 5.91. The Morgan fingerprint density at radius 3 is 2.76 bits per heavy atom. The standard InChI is InChI=1S/C13H14BrN3/c1-17-13(15)11(14)12(16-17)10-6-5-8-3-2-4-9(8)7-10/h5-7H,2-4,15H2,1H3. The van der Waals surface area contributed by atoms with Crippen molar-refractivity contribution in [2.24, 2.45) is 7.05 Å². The zero-order valence-corrected chi connectivity index (χ0v) is 11.3. The van der Waals surface area contributed by atoms with Crippen LogP contribution < -0.4 is 5.73 Å². The van der Waals surface area contributed by atoms with Crippen molar-refractivity contribution in [3.63, 3.8) is 0 Å². The molecule has 3 nitrogen and oxygen atoms in total. The van der Waals surface area contributed by atoms with Crippen LogP contribution in [0.25, 0.3) is 11.3 Å². The van der Waals surface area contributed by atoms with Gasteiger partial charge in [-0.1, -0.05) is 12.1 Å². The van der Waals surface area contributed by atoms with E-state index in [-0.39, 0.29) is 0 Å². The van der Waals surface area contributed by atoms with E-state index in [0.717, 1.165) is 15.7 Å². The topological polar surface area (TPSA) is 43.8 Å². The molecular formula is C13H14BrN3.